The predicted octanol–water partition coefficient (Wildman–Crippen LogP) is 3.32. The number of rotatable bonds is 8. The van der Waals surface area contributed by atoms with Crippen LogP contribution in [-0.4, -0.2) is 19.8 Å². The Hall–Kier alpha value is -1.48. The number of nitrogens with two attached hydrogens (primary N) is 1. The first-order valence-electron chi connectivity index (χ1n) is 6.82. The highest BCUT2D eigenvalue weighted by Gasteiger charge is 2.10. The summed E-state index contributed by atoms with van der Waals surface area (Å²) in [6, 6.07) is 5.99. The third-order valence-corrected chi connectivity index (χ3v) is 3.21. The summed E-state index contributed by atoms with van der Waals surface area (Å²) in [5.41, 5.74) is 8.21. The van der Waals surface area contributed by atoms with Crippen LogP contribution in [0.25, 0.3) is 0 Å². The maximum Gasteiger partial charge on any atom is 0.123 e. The fourth-order valence-electron chi connectivity index (χ4n) is 1.69. The Labute approximate surface area is 116 Å². The Bertz CT molecular complexity index is 415. The molecule has 2 N–H and O–H groups in total. The number of hydrogen-bond acceptors (Lipinski definition) is 3. The van der Waals surface area contributed by atoms with Crippen molar-refractivity contribution in [3.05, 3.63) is 35.9 Å². The van der Waals surface area contributed by atoms with Gasteiger partial charge >= 0.3 is 0 Å². The summed E-state index contributed by atoms with van der Waals surface area (Å²) < 4.78 is 11.1. The number of methoxy groups -OCH3 is 1. The van der Waals surface area contributed by atoms with E-state index in [2.05, 4.69) is 20.4 Å². The van der Waals surface area contributed by atoms with E-state index >= 15 is 0 Å². The molecule has 0 bridgehead atoms. The molecule has 0 fully saturated rings. The molecule has 3 heteroatoms. The SMILES string of the molecule is C=C(CC)COc1ccc(OC)cc1CC(N)CC. The van der Waals surface area contributed by atoms with Crippen molar-refractivity contribution in [2.45, 2.75) is 39.2 Å². The van der Waals surface area contributed by atoms with Crippen molar-refractivity contribution < 1.29 is 9.47 Å². The van der Waals surface area contributed by atoms with Crippen molar-refractivity contribution in [1.82, 2.24) is 0 Å². The Morgan fingerprint density at radius 1 is 1.37 bits per heavy atom. The van der Waals surface area contributed by atoms with Crippen LogP contribution in [0, 0.1) is 0 Å². The lowest BCUT2D eigenvalue weighted by Crippen LogP contribution is -2.21. The molecule has 0 saturated heterocycles. The lowest BCUT2D eigenvalue weighted by atomic mass is 10.0. The van der Waals surface area contributed by atoms with Gasteiger partial charge in [-0.15, -0.1) is 0 Å². The third kappa shape index (κ3) is 4.95. The molecule has 0 aliphatic rings. The molecule has 106 valence electrons. The summed E-state index contributed by atoms with van der Waals surface area (Å²) in [4.78, 5) is 0. The average molecular weight is 263 g/mol. The van der Waals surface area contributed by atoms with Gasteiger partial charge in [-0.3, -0.25) is 0 Å². The highest BCUT2D eigenvalue weighted by Crippen LogP contribution is 2.26. The van der Waals surface area contributed by atoms with Crippen LogP contribution >= 0.6 is 0 Å². The first-order valence-corrected chi connectivity index (χ1v) is 6.82. The van der Waals surface area contributed by atoms with Crippen molar-refractivity contribution in [1.29, 1.82) is 0 Å². The molecule has 0 aromatic heterocycles. The molecule has 0 saturated carbocycles. The van der Waals surface area contributed by atoms with Gasteiger partial charge in [-0.25, -0.2) is 0 Å². The zero-order chi connectivity index (χ0) is 14.3. The molecule has 0 aliphatic carbocycles. The van der Waals surface area contributed by atoms with Gasteiger partial charge < -0.3 is 15.2 Å². The van der Waals surface area contributed by atoms with Crippen LogP contribution in [-0.2, 0) is 6.42 Å². The summed E-state index contributed by atoms with van der Waals surface area (Å²) in [6.07, 6.45) is 2.67. The summed E-state index contributed by atoms with van der Waals surface area (Å²) in [6.45, 7) is 8.67. The molecular formula is C16H25NO2. The monoisotopic (exact) mass is 263 g/mol. The minimum atomic E-state index is 0.142. The molecule has 3 nitrogen and oxygen atoms in total. The zero-order valence-electron chi connectivity index (χ0n) is 12.2. The van der Waals surface area contributed by atoms with E-state index in [0.29, 0.717) is 6.61 Å². The largest absolute Gasteiger partial charge is 0.497 e. The van der Waals surface area contributed by atoms with Gasteiger partial charge in [0, 0.05) is 6.04 Å². The second kappa shape index (κ2) is 7.85. The summed E-state index contributed by atoms with van der Waals surface area (Å²) in [7, 11) is 1.67. The summed E-state index contributed by atoms with van der Waals surface area (Å²) in [5, 5.41) is 0. The molecule has 1 rings (SSSR count). The van der Waals surface area contributed by atoms with E-state index in [9.17, 15) is 0 Å². The van der Waals surface area contributed by atoms with E-state index in [1.54, 1.807) is 7.11 Å². The summed E-state index contributed by atoms with van der Waals surface area (Å²) >= 11 is 0. The Morgan fingerprint density at radius 2 is 2.11 bits per heavy atom. The molecule has 1 atom stereocenters. The van der Waals surface area contributed by atoms with Gasteiger partial charge in [-0.2, -0.15) is 0 Å². The Kier molecular flexibility index (Phi) is 6.43. The molecular weight excluding hydrogens is 238 g/mol. The average Bonchev–Trinajstić information content (AvgIpc) is 2.45. The fraction of sp³-hybridized carbons (Fsp3) is 0.500. The van der Waals surface area contributed by atoms with Gasteiger partial charge in [0.15, 0.2) is 0 Å². The number of benzene rings is 1. The van der Waals surface area contributed by atoms with Crippen LogP contribution in [0.3, 0.4) is 0 Å². The predicted molar refractivity (Wildman–Crippen MR) is 79.9 cm³/mol. The topological polar surface area (TPSA) is 44.5 Å². The van der Waals surface area contributed by atoms with E-state index in [1.807, 2.05) is 18.2 Å². The fourth-order valence-corrected chi connectivity index (χ4v) is 1.69. The first-order chi connectivity index (χ1) is 9.10. The maximum atomic E-state index is 6.03. The van der Waals surface area contributed by atoms with Crippen molar-refractivity contribution in [3.63, 3.8) is 0 Å². The third-order valence-electron chi connectivity index (χ3n) is 3.21. The van der Waals surface area contributed by atoms with Crippen LogP contribution in [0.15, 0.2) is 30.4 Å². The minimum Gasteiger partial charge on any atom is -0.497 e. The number of hydrogen-bond donors (Lipinski definition) is 1. The quantitative estimate of drug-likeness (QED) is 0.732. The second-order valence-electron chi connectivity index (χ2n) is 4.74. The van der Waals surface area contributed by atoms with Crippen molar-refractivity contribution >= 4 is 0 Å². The first kappa shape index (κ1) is 15.6. The smallest absolute Gasteiger partial charge is 0.123 e. The van der Waals surface area contributed by atoms with Gasteiger partial charge in [0.05, 0.1) is 7.11 Å². The molecule has 0 radical (unpaired) electrons. The molecule has 1 unspecified atom stereocenters. The molecule has 1 aromatic carbocycles. The minimum absolute atomic E-state index is 0.142. The number of ether oxygens (including phenoxy) is 2. The van der Waals surface area contributed by atoms with Gasteiger partial charge in [0.25, 0.3) is 0 Å². The Morgan fingerprint density at radius 3 is 2.68 bits per heavy atom. The zero-order valence-corrected chi connectivity index (χ0v) is 12.2. The van der Waals surface area contributed by atoms with Crippen LogP contribution in [0.4, 0.5) is 0 Å². The van der Waals surface area contributed by atoms with Gasteiger partial charge in [-0.05, 0) is 48.6 Å². The standard InChI is InChI=1S/C16H25NO2/c1-5-12(3)11-19-16-8-7-15(18-4)10-13(16)9-14(17)6-2/h7-8,10,14H,3,5-6,9,11,17H2,1-2,4H3. The molecule has 1 aromatic rings. The van der Waals surface area contributed by atoms with Crippen molar-refractivity contribution in [3.8, 4) is 11.5 Å². The van der Waals surface area contributed by atoms with Gasteiger partial charge in [-0.1, -0.05) is 20.4 Å². The lowest BCUT2D eigenvalue weighted by Gasteiger charge is -2.16. The normalized spacial score (nSPS) is 12.0. The van der Waals surface area contributed by atoms with Gasteiger partial charge in [0.2, 0.25) is 0 Å². The van der Waals surface area contributed by atoms with E-state index in [-0.39, 0.29) is 6.04 Å². The summed E-state index contributed by atoms with van der Waals surface area (Å²) in [5.74, 6) is 1.71. The Balaban J connectivity index is 2.85. The molecule has 0 amide bonds. The lowest BCUT2D eigenvalue weighted by molar-refractivity contribution is 0.342. The van der Waals surface area contributed by atoms with E-state index < -0.39 is 0 Å². The maximum absolute atomic E-state index is 6.03. The second-order valence-corrected chi connectivity index (χ2v) is 4.74. The van der Waals surface area contributed by atoms with Crippen molar-refractivity contribution in [2.75, 3.05) is 13.7 Å². The van der Waals surface area contributed by atoms with Crippen LogP contribution in [0.5, 0.6) is 11.5 Å². The highest BCUT2D eigenvalue weighted by molar-refractivity contribution is 5.41. The van der Waals surface area contributed by atoms with Crippen LogP contribution in [0.1, 0.15) is 32.3 Å². The highest BCUT2D eigenvalue weighted by atomic mass is 16.5. The van der Waals surface area contributed by atoms with Crippen LogP contribution in [0.2, 0.25) is 0 Å². The van der Waals surface area contributed by atoms with Gasteiger partial charge in [0.1, 0.15) is 18.1 Å². The van der Waals surface area contributed by atoms with Crippen LogP contribution < -0.4 is 15.2 Å². The van der Waals surface area contributed by atoms with E-state index in [1.165, 1.54) is 0 Å². The molecule has 19 heavy (non-hydrogen) atoms. The van der Waals surface area contributed by atoms with E-state index in [4.69, 9.17) is 15.2 Å². The molecule has 0 spiro atoms. The molecule has 0 aliphatic heterocycles. The van der Waals surface area contributed by atoms with Crippen molar-refractivity contribution in [2.24, 2.45) is 5.73 Å². The van der Waals surface area contributed by atoms with E-state index in [0.717, 1.165) is 41.9 Å². The molecule has 0 heterocycles.